The second kappa shape index (κ2) is 13.2. The summed E-state index contributed by atoms with van der Waals surface area (Å²) >= 11 is 0. The summed E-state index contributed by atoms with van der Waals surface area (Å²) in [5, 5.41) is 0. The van der Waals surface area contributed by atoms with E-state index in [0.717, 1.165) is 37.5 Å². The summed E-state index contributed by atoms with van der Waals surface area (Å²) in [5.41, 5.74) is 10.9. The van der Waals surface area contributed by atoms with Crippen molar-refractivity contribution in [1.29, 1.82) is 0 Å². The van der Waals surface area contributed by atoms with Crippen molar-refractivity contribution in [1.82, 2.24) is 0 Å². The van der Waals surface area contributed by atoms with Crippen molar-refractivity contribution in [2.75, 3.05) is 0 Å². The fourth-order valence-electron chi connectivity index (χ4n) is 5.38. The molecule has 0 heterocycles. The van der Waals surface area contributed by atoms with Gasteiger partial charge in [-0.25, -0.2) is 0 Å². The van der Waals surface area contributed by atoms with E-state index in [1.165, 1.54) is 79.2 Å². The number of allylic oxidation sites excluding steroid dienone is 8. The van der Waals surface area contributed by atoms with E-state index in [4.69, 9.17) is 0 Å². The molecule has 0 atom stereocenters. The summed E-state index contributed by atoms with van der Waals surface area (Å²) < 4.78 is 0. The first-order valence-electron chi connectivity index (χ1n) is 13.8. The topological polar surface area (TPSA) is 0 Å². The fraction of sp³-hybridized carbons (Fsp3) is 0.576. The van der Waals surface area contributed by atoms with E-state index in [9.17, 15) is 0 Å². The van der Waals surface area contributed by atoms with Crippen LogP contribution in [0, 0.1) is 11.8 Å². The van der Waals surface area contributed by atoms with E-state index in [0.29, 0.717) is 0 Å². The summed E-state index contributed by atoms with van der Waals surface area (Å²) in [4.78, 5) is 0. The maximum absolute atomic E-state index is 2.53. The molecular formula is C33H48. The molecule has 2 aliphatic carbocycles. The van der Waals surface area contributed by atoms with Crippen LogP contribution in [0.3, 0.4) is 0 Å². The standard InChI is InChI=1S/C33H48/c1-6-9-27(8-3)23-33(32-20-21-32)24-31-18-14-29(15-19-31)11-10-28-12-16-30(17-13-28)22-26(5)25(4)7-2/h9,12-13,16-17,20,23,29,31H,6-8,10-11,14-15,18-19,21-22,24H2,1-5H3. The molecule has 0 aromatic heterocycles. The maximum Gasteiger partial charge on any atom is -0.00673 e. The molecule has 1 fully saturated rings. The Labute approximate surface area is 205 Å². The predicted octanol–water partition coefficient (Wildman–Crippen LogP) is 10.1. The monoisotopic (exact) mass is 444 g/mol. The van der Waals surface area contributed by atoms with Crippen molar-refractivity contribution in [3.8, 4) is 0 Å². The molecule has 0 saturated heterocycles. The Morgan fingerprint density at radius 2 is 1.48 bits per heavy atom. The predicted molar refractivity (Wildman–Crippen MR) is 147 cm³/mol. The molecule has 0 radical (unpaired) electrons. The Hall–Kier alpha value is -1.82. The molecular weight excluding hydrogens is 396 g/mol. The highest BCUT2D eigenvalue weighted by Gasteiger charge is 2.24. The summed E-state index contributed by atoms with van der Waals surface area (Å²) in [6.07, 6.45) is 22.8. The third-order valence-electron chi connectivity index (χ3n) is 8.12. The van der Waals surface area contributed by atoms with Crippen LogP contribution in [0.2, 0.25) is 0 Å². The van der Waals surface area contributed by atoms with Crippen LogP contribution in [0.4, 0.5) is 0 Å². The number of aryl methyl sites for hydroxylation is 1. The lowest BCUT2D eigenvalue weighted by atomic mass is 9.77. The first kappa shape index (κ1) is 25.8. The van der Waals surface area contributed by atoms with Crippen molar-refractivity contribution in [2.24, 2.45) is 11.8 Å². The van der Waals surface area contributed by atoms with Crippen LogP contribution < -0.4 is 0 Å². The molecule has 180 valence electrons. The van der Waals surface area contributed by atoms with Gasteiger partial charge in [0.25, 0.3) is 0 Å². The third-order valence-corrected chi connectivity index (χ3v) is 8.12. The summed E-state index contributed by atoms with van der Waals surface area (Å²) in [5.74, 6) is 1.83. The van der Waals surface area contributed by atoms with Gasteiger partial charge >= 0.3 is 0 Å². The molecule has 0 aliphatic heterocycles. The van der Waals surface area contributed by atoms with Crippen molar-refractivity contribution >= 4 is 0 Å². The molecule has 1 saturated carbocycles. The molecule has 0 N–H and O–H groups in total. The lowest BCUT2D eigenvalue weighted by molar-refractivity contribution is 0.263. The number of rotatable bonds is 12. The molecule has 0 unspecified atom stereocenters. The van der Waals surface area contributed by atoms with Crippen molar-refractivity contribution in [3.63, 3.8) is 0 Å². The molecule has 0 heteroatoms. The van der Waals surface area contributed by atoms with Crippen LogP contribution in [-0.4, -0.2) is 0 Å². The maximum atomic E-state index is 2.53. The highest BCUT2D eigenvalue weighted by molar-refractivity contribution is 5.46. The average molecular weight is 445 g/mol. The van der Waals surface area contributed by atoms with E-state index in [1.54, 1.807) is 11.1 Å². The van der Waals surface area contributed by atoms with Gasteiger partial charge < -0.3 is 0 Å². The van der Waals surface area contributed by atoms with Crippen LogP contribution in [0.5, 0.6) is 0 Å². The second-order valence-corrected chi connectivity index (χ2v) is 10.7. The molecule has 0 amide bonds. The SMILES string of the molecule is CCC=C(C=C(CC1CCC(CCc2ccc(CC(C)=C(C)CC)cc2)CC1)C1=CC1)CC. The molecule has 3 rings (SSSR count). The van der Waals surface area contributed by atoms with Gasteiger partial charge in [0.2, 0.25) is 0 Å². The number of hydrogen-bond donors (Lipinski definition) is 0. The van der Waals surface area contributed by atoms with Gasteiger partial charge in [-0.3, -0.25) is 0 Å². The molecule has 1 aromatic carbocycles. The van der Waals surface area contributed by atoms with Crippen molar-refractivity contribution in [3.05, 3.63) is 81.5 Å². The smallest absolute Gasteiger partial charge is 0.00673 e. The molecule has 0 spiro atoms. The highest BCUT2D eigenvalue weighted by Crippen LogP contribution is 2.39. The number of hydrogen-bond acceptors (Lipinski definition) is 0. The van der Waals surface area contributed by atoms with Gasteiger partial charge in [0.05, 0.1) is 0 Å². The minimum absolute atomic E-state index is 0.899. The summed E-state index contributed by atoms with van der Waals surface area (Å²) in [7, 11) is 0. The van der Waals surface area contributed by atoms with Crippen LogP contribution >= 0.6 is 0 Å². The normalized spacial score (nSPS) is 22.2. The first-order chi connectivity index (χ1) is 16.0. The molecule has 2 aliphatic rings. The second-order valence-electron chi connectivity index (χ2n) is 10.7. The Morgan fingerprint density at radius 3 is 2.06 bits per heavy atom. The van der Waals surface area contributed by atoms with Gasteiger partial charge in [-0.15, -0.1) is 0 Å². The minimum Gasteiger partial charge on any atom is -0.0816 e. The van der Waals surface area contributed by atoms with Gasteiger partial charge in [-0.05, 0) is 112 Å². The van der Waals surface area contributed by atoms with Gasteiger partial charge in [-0.2, -0.15) is 0 Å². The van der Waals surface area contributed by atoms with Crippen molar-refractivity contribution < 1.29 is 0 Å². The van der Waals surface area contributed by atoms with E-state index in [2.05, 4.69) is 77.1 Å². The lowest BCUT2D eigenvalue weighted by Gasteiger charge is -2.29. The first-order valence-corrected chi connectivity index (χ1v) is 13.8. The van der Waals surface area contributed by atoms with E-state index >= 15 is 0 Å². The average Bonchev–Trinajstić information content (AvgIpc) is 3.68. The quantitative estimate of drug-likeness (QED) is 0.222. The minimum atomic E-state index is 0.899. The van der Waals surface area contributed by atoms with Gasteiger partial charge in [0.15, 0.2) is 0 Å². The zero-order chi connectivity index (χ0) is 23.6. The van der Waals surface area contributed by atoms with Gasteiger partial charge in [-0.1, -0.05) is 92.8 Å². The number of benzene rings is 1. The lowest BCUT2D eigenvalue weighted by Crippen LogP contribution is -2.15. The molecule has 33 heavy (non-hydrogen) atoms. The fourth-order valence-corrected chi connectivity index (χ4v) is 5.38. The van der Waals surface area contributed by atoms with Crippen molar-refractivity contribution in [2.45, 2.75) is 112 Å². The zero-order valence-corrected chi connectivity index (χ0v) is 22.2. The van der Waals surface area contributed by atoms with Crippen LogP contribution in [0.1, 0.15) is 110 Å². The highest BCUT2D eigenvalue weighted by atomic mass is 14.3. The Morgan fingerprint density at radius 1 is 0.848 bits per heavy atom. The summed E-state index contributed by atoms with van der Waals surface area (Å²) in [6.45, 7) is 11.4. The molecule has 0 bridgehead atoms. The van der Waals surface area contributed by atoms with Gasteiger partial charge in [0, 0.05) is 0 Å². The largest absolute Gasteiger partial charge is 0.0816 e. The van der Waals surface area contributed by atoms with E-state index < -0.39 is 0 Å². The molecule has 1 aromatic rings. The Balaban J connectivity index is 1.44. The van der Waals surface area contributed by atoms with E-state index in [-0.39, 0.29) is 0 Å². The van der Waals surface area contributed by atoms with Crippen LogP contribution in [-0.2, 0) is 12.8 Å². The van der Waals surface area contributed by atoms with Crippen LogP contribution in [0.15, 0.2) is 70.4 Å². The third kappa shape index (κ3) is 8.47. The molecule has 0 nitrogen and oxygen atoms in total. The van der Waals surface area contributed by atoms with Crippen LogP contribution in [0.25, 0.3) is 0 Å². The zero-order valence-electron chi connectivity index (χ0n) is 22.2. The summed E-state index contributed by atoms with van der Waals surface area (Å²) in [6, 6.07) is 9.48. The Bertz CT molecular complexity index is 863. The van der Waals surface area contributed by atoms with Gasteiger partial charge in [0.1, 0.15) is 0 Å². The Kier molecular flexibility index (Phi) is 10.3. The van der Waals surface area contributed by atoms with E-state index in [1.807, 2.05) is 0 Å².